The predicted octanol–water partition coefficient (Wildman–Crippen LogP) is 2.94. The summed E-state index contributed by atoms with van der Waals surface area (Å²) in [7, 11) is 0. The summed E-state index contributed by atoms with van der Waals surface area (Å²) in [5.74, 6) is 4.34. The second kappa shape index (κ2) is 3.52. The molecule has 3 aliphatic rings. The lowest BCUT2D eigenvalue weighted by Gasteiger charge is -2.24. The largest absolute Gasteiger partial charge is 0.328 e. The average Bonchev–Trinajstić information content (AvgIpc) is 2.82. The molecule has 14 heavy (non-hydrogen) atoms. The molecule has 0 amide bonds. The first-order chi connectivity index (χ1) is 6.81. The topological polar surface area (TPSA) is 26.0 Å². The van der Waals surface area contributed by atoms with Crippen molar-refractivity contribution in [2.75, 3.05) is 0 Å². The van der Waals surface area contributed by atoms with Crippen LogP contribution in [0.15, 0.2) is 0 Å². The lowest BCUT2D eigenvalue weighted by Crippen LogP contribution is -2.17. The minimum Gasteiger partial charge on any atom is -0.328 e. The van der Waals surface area contributed by atoms with Gasteiger partial charge in [0.2, 0.25) is 0 Å². The second-order valence-electron chi connectivity index (χ2n) is 6.11. The molecule has 80 valence electrons. The Bertz CT molecular complexity index is 213. The third-order valence-electron chi connectivity index (χ3n) is 5.10. The summed E-state index contributed by atoms with van der Waals surface area (Å²) < 4.78 is 0. The highest BCUT2D eigenvalue weighted by Gasteiger charge is 2.40. The van der Waals surface area contributed by atoms with Crippen LogP contribution in [0.5, 0.6) is 0 Å². The highest BCUT2D eigenvalue weighted by atomic mass is 14.6. The van der Waals surface area contributed by atoms with Crippen LogP contribution in [0.25, 0.3) is 0 Å². The molecule has 0 aromatic carbocycles. The third-order valence-corrected chi connectivity index (χ3v) is 5.10. The zero-order valence-corrected chi connectivity index (χ0v) is 9.12. The van der Waals surface area contributed by atoms with Gasteiger partial charge in [0.15, 0.2) is 0 Å². The van der Waals surface area contributed by atoms with E-state index in [1.54, 1.807) is 25.7 Å². The Kier molecular flexibility index (Phi) is 2.31. The summed E-state index contributed by atoms with van der Waals surface area (Å²) in [5.41, 5.74) is 5.98. The van der Waals surface area contributed by atoms with Crippen molar-refractivity contribution >= 4 is 0 Å². The smallest absolute Gasteiger partial charge is 0.00415 e. The van der Waals surface area contributed by atoms with Gasteiger partial charge in [-0.05, 0) is 68.6 Å². The van der Waals surface area contributed by atoms with Gasteiger partial charge in [0, 0.05) is 6.04 Å². The fourth-order valence-corrected chi connectivity index (χ4v) is 4.42. The fourth-order valence-electron chi connectivity index (χ4n) is 4.42. The van der Waals surface area contributed by atoms with E-state index in [0.717, 1.165) is 23.7 Å². The molecule has 3 aliphatic carbocycles. The van der Waals surface area contributed by atoms with E-state index in [1.165, 1.54) is 25.7 Å². The first kappa shape index (κ1) is 9.21. The Morgan fingerprint density at radius 2 is 1.86 bits per heavy atom. The predicted molar refractivity (Wildman–Crippen MR) is 58.9 cm³/mol. The molecule has 1 heteroatoms. The number of rotatable bonds is 2. The zero-order chi connectivity index (χ0) is 9.54. The van der Waals surface area contributed by atoms with Crippen LogP contribution in [0.1, 0.15) is 51.4 Å². The van der Waals surface area contributed by atoms with Crippen molar-refractivity contribution in [3.05, 3.63) is 0 Å². The highest BCUT2D eigenvalue weighted by molar-refractivity contribution is 4.92. The molecule has 0 aromatic heterocycles. The van der Waals surface area contributed by atoms with Crippen molar-refractivity contribution in [1.82, 2.24) is 0 Å². The van der Waals surface area contributed by atoms with Crippen molar-refractivity contribution in [2.45, 2.75) is 57.4 Å². The minimum absolute atomic E-state index is 0.540. The summed E-state index contributed by atoms with van der Waals surface area (Å²) in [6.45, 7) is 0. The van der Waals surface area contributed by atoms with Crippen LogP contribution in [0, 0.1) is 23.7 Å². The van der Waals surface area contributed by atoms with Crippen LogP contribution in [0.2, 0.25) is 0 Å². The fraction of sp³-hybridized carbons (Fsp3) is 1.00. The maximum atomic E-state index is 5.98. The monoisotopic (exact) mass is 193 g/mol. The molecule has 2 N–H and O–H groups in total. The maximum absolute atomic E-state index is 5.98. The average molecular weight is 193 g/mol. The van der Waals surface area contributed by atoms with E-state index >= 15 is 0 Å². The maximum Gasteiger partial charge on any atom is 0.00415 e. The van der Waals surface area contributed by atoms with Crippen molar-refractivity contribution in [3.63, 3.8) is 0 Å². The van der Waals surface area contributed by atoms with E-state index in [2.05, 4.69) is 0 Å². The van der Waals surface area contributed by atoms with Crippen LogP contribution in [0.3, 0.4) is 0 Å². The number of nitrogens with two attached hydrogens (primary N) is 1. The van der Waals surface area contributed by atoms with Gasteiger partial charge < -0.3 is 5.73 Å². The normalized spacial score (nSPS) is 51.6. The summed E-state index contributed by atoms with van der Waals surface area (Å²) in [5, 5.41) is 0. The number of hydrogen-bond acceptors (Lipinski definition) is 1. The molecule has 0 radical (unpaired) electrons. The van der Waals surface area contributed by atoms with Gasteiger partial charge in [-0.25, -0.2) is 0 Å². The Morgan fingerprint density at radius 1 is 0.929 bits per heavy atom. The van der Waals surface area contributed by atoms with E-state index in [4.69, 9.17) is 5.73 Å². The van der Waals surface area contributed by atoms with E-state index < -0.39 is 0 Å². The van der Waals surface area contributed by atoms with Crippen LogP contribution in [0.4, 0.5) is 0 Å². The molecule has 0 saturated heterocycles. The Hall–Kier alpha value is -0.0400. The lowest BCUT2D eigenvalue weighted by atomic mass is 9.82. The molecule has 3 rings (SSSR count). The van der Waals surface area contributed by atoms with E-state index in [-0.39, 0.29) is 0 Å². The van der Waals surface area contributed by atoms with E-state index in [9.17, 15) is 0 Å². The van der Waals surface area contributed by atoms with E-state index in [0.29, 0.717) is 6.04 Å². The van der Waals surface area contributed by atoms with Gasteiger partial charge in [-0.2, -0.15) is 0 Å². The summed E-state index contributed by atoms with van der Waals surface area (Å²) >= 11 is 0. The summed E-state index contributed by atoms with van der Waals surface area (Å²) in [6, 6.07) is 0.540. The number of fused-ring (bicyclic) bond motifs is 2. The lowest BCUT2D eigenvalue weighted by molar-refractivity contribution is 0.268. The highest BCUT2D eigenvalue weighted by Crippen LogP contribution is 2.51. The first-order valence-corrected chi connectivity index (χ1v) is 6.57. The SMILES string of the molecule is NC1CCC(CC2CC3CCC2C3)C1. The molecule has 0 aliphatic heterocycles. The third kappa shape index (κ3) is 1.60. The van der Waals surface area contributed by atoms with Crippen LogP contribution in [-0.4, -0.2) is 6.04 Å². The molecular formula is C13H23N. The molecule has 0 spiro atoms. The van der Waals surface area contributed by atoms with Gasteiger partial charge in [-0.3, -0.25) is 0 Å². The molecule has 5 unspecified atom stereocenters. The van der Waals surface area contributed by atoms with Gasteiger partial charge in [-0.1, -0.05) is 6.42 Å². The van der Waals surface area contributed by atoms with Gasteiger partial charge in [0.05, 0.1) is 0 Å². The molecule has 3 fully saturated rings. The van der Waals surface area contributed by atoms with Crippen molar-refractivity contribution < 1.29 is 0 Å². The number of hydrogen-bond donors (Lipinski definition) is 1. The van der Waals surface area contributed by atoms with Gasteiger partial charge >= 0.3 is 0 Å². The van der Waals surface area contributed by atoms with Gasteiger partial charge in [0.1, 0.15) is 0 Å². The second-order valence-corrected chi connectivity index (χ2v) is 6.11. The molecule has 3 saturated carbocycles. The van der Waals surface area contributed by atoms with Gasteiger partial charge in [-0.15, -0.1) is 0 Å². The molecule has 5 atom stereocenters. The van der Waals surface area contributed by atoms with Crippen molar-refractivity contribution in [1.29, 1.82) is 0 Å². The van der Waals surface area contributed by atoms with Gasteiger partial charge in [0.25, 0.3) is 0 Å². The zero-order valence-electron chi connectivity index (χ0n) is 9.12. The first-order valence-electron chi connectivity index (χ1n) is 6.57. The molecular weight excluding hydrogens is 170 g/mol. The Morgan fingerprint density at radius 3 is 2.43 bits per heavy atom. The molecule has 0 aromatic rings. The Balaban J connectivity index is 1.53. The quantitative estimate of drug-likeness (QED) is 0.717. The van der Waals surface area contributed by atoms with Crippen molar-refractivity contribution in [3.8, 4) is 0 Å². The molecule has 2 bridgehead atoms. The minimum atomic E-state index is 0.540. The molecule has 1 nitrogen and oxygen atoms in total. The summed E-state index contributed by atoms with van der Waals surface area (Å²) in [4.78, 5) is 0. The van der Waals surface area contributed by atoms with Crippen LogP contribution in [-0.2, 0) is 0 Å². The van der Waals surface area contributed by atoms with Crippen LogP contribution >= 0.6 is 0 Å². The van der Waals surface area contributed by atoms with Crippen LogP contribution < -0.4 is 5.73 Å². The molecule has 0 heterocycles. The Labute approximate surface area is 87.4 Å². The van der Waals surface area contributed by atoms with Crippen molar-refractivity contribution in [2.24, 2.45) is 29.4 Å². The summed E-state index contributed by atoms with van der Waals surface area (Å²) in [6.07, 6.45) is 11.8. The van der Waals surface area contributed by atoms with E-state index in [1.807, 2.05) is 0 Å². The standard InChI is InChI=1S/C13H23N/c14-13-4-2-10(8-13)7-12-6-9-1-3-11(12)5-9/h9-13H,1-8,14H2.